The highest BCUT2D eigenvalue weighted by Gasteiger charge is 2.14. The van der Waals surface area contributed by atoms with Gasteiger partial charge in [-0.1, -0.05) is 24.3 Å². The number of hydrogen-bond acceptors (Lipinski definition) is 3. The van der Waals surface area contributed by atoms with Gasteiger partial charge in [-0.25, -0.2) is 5.43 Å². The average Bonchev–Trinajstić information content (AvgIpc) is 2.97. The maximum absolute atomic E-state index is 12.2. The number of nitrogens with one attached hydrogen (secondary N) is 2. The van der Waals surface area contributed by atoms with Crippen molar-refractivity contribution in [3.8, 4) is 5.75 Å². The first-order chi connectivity index (χ1) is 12.0. The number of aryl methyl sites for hydroxylation is 2. The Bertz CT molecular complexity index is 907. The van der Waals surface area contributed by atoms with E-state index in [1.54, 1.807) is 13.1 Å². The minimum atomic E-state index is -0.638. The maximum Gasteiger partial charge on any atom is 0.280 e. The van der Waals surface area contributed by atoms with Gasteiger partial charge in [0.15, 0.2) is 6.10 Å². The summed E-state index contributed by atoms with van der Waals surface area (Å²) in [5, 5.41) is 5.09. The Morgan fingerprint density at radius 2 is 1.92 bits per heavy atom. The van der Waals surface area contributed by atoms with Crippen molar-refractivity contribution in [1.82, 2.24) is 10.4 Å². The summed E-state index contributed by atoms with van der Waals surface area (Å²) in [5.74, 6) is 0.385. The highest BCUT2D eigenvalue weighted by molar-refractivity contribution is 5.99. The summed E-state index contributed by atoms with van der Waals surface area (Å²) in [4.78, 5) is 15.3. The van der Waals surface area contributed by atoms with E-state index in [-0.39, 0.29) is 5.91 Å². The minimum Gasteiger partial charge on any atom is -0.481 e. The van der Waals surface area contributed by atoms with Crippen LogP contribution < -0.4 is 10.2 Å². The molecule has 25 heavy (non-hydrogen) atoms. The molecule has 1 atom stereocenters. The van der Waals surface area contributed by atoms with Gasteiger partial charge in [0.05, 0.1) is 6.21 Å². The molecule has 0 radical (unpaired) electrons. The number of H-pyrrole nitrogens is 1. The summed E-state index contributed by atoms with van der Waals surface area (Å²) in [6.45, 7) is 5.69. The SMILES string of the molecule is Cc1cc(C)cc(OC(C)C(=O)N/N=C/c2c[nH]c3ccccc23)c1. The van der Waals surface area contributed by atoms with E-state index in [9.17, 15) is 4.79 Å². The largest absolute Gasteiger partial charge is 0.481 e. The maximum atomic E-state index is 12.2. The number of hydrogen-bond donors (Lipinski definition) is 2. The molecule has 0 aliphatic carbocycles. The molecule has 0 fully saturated rings. The molecule has 0 saturated carbocycles. The zero-order valence-corrected chi connectivity index (χ0v) is 14.5. The Morgan fingerprint density at radius 1 is 1.20 bits per heavy atom. The van der Waals surface area contributed by atoms with Crippen LogP contribution in [-0.4, -0.2) is 23.2 Å². The highest BCUT2D eigenvalue weighted by atomic mass is 16.5. The average molecular weight is 335 g/mol. The van der Waals surface area contributed by atoms with Crippen LogP contribution in [0.2, 0.25) is 0 Å². The molecule has 128 valence electrons. The molecule has 2 N–H and O–H groups in total. The van der Waals surface area contributed by atoms with E-state index in [4.69, 9.17) is 4.74 Å². The van der Waals surface area contributed by atoms with E-state index in [0.29, 0.717) is 5.75 Å². The molecular weight excluding hydrogens is 314 g/mol. The van der Waals surface area contributed by atoms with Crippen molar-refractivity contribution in [2.45, 2.75) is 26.9 Å². The molecule has 0 aliphatic heterocycles. The summed E-state index contributed by atoms with van der Waals surface area (Å²) in [6, 6.07) is 13.8. The molecule has 5 nitrogen and oxygen atoms in total. The Labute approximate surface area is 146 Å². The van der Waals surface area contributed by atoms with Crippen LogP contribution in [0.3, 0.4) is 0 Å². The summed E-state index contributed by atoms with van der Waals surface area (Å²) < 4.78 is 5.70. The number of aromatic nitrogens is 1. The topological polar surface area (TPSA) is 66.5 Å². The Balaban J connectivity index is 1.61. The first-order valence-electron chi connectivity index (χ1n) is 8.17. The van der Waals surface area contributed by atoms with Crippen molar-refractivity contribution in [3.63, 3.8) is 0 Å². The van der Waals surface area contributed by atoms with Crippen LogP contribution in [0.15, 0.2) is 53.8 Å². The summed E-state index contributed by atoms with van der Waals surface area (Å²) >= 11 is 0. The molecular formula is C20H21N3O2. The number of rotatable bonds is 5. The second kappa shape index (κ2) is 7.21. The van der Waals surface area contributed by atoms with Crippen LogP contribution in [-0.2, 0) is 4.79 Å². The van der Waals surface area contributed by atoms with Crippen molar-refractivity contribution in [1.29, 1.82) is 0 Å². The van der Waals surface area contributed by atoms with E-state index in [2.05, 4.69) is 21.6 Å². The molecule has 3 aromatic rings. The smallest absolute Gasteiger partial charge is 0.280 e. The van der Waals surface area contributed by atoms with E-state index < -0.39 is 6.10 Å². The van der Waals surface area contributed by atoms with Gasteiger partial charge in [0, 0.05) is 22.7 Å². The van der Waals surface area contributed by atoms with Crippen LogP contribution >= 0.6 is 0 Å². The second-order valence-electron chi connectivity index (χ2n) is 6.11. The van der Waals surface area contributed by atoms with E-state index in [1.807, 2.05) is 56.4 Å². The number of fused-ring (bicyclic) bond motifs is 1. The number of amides is 1. The third-order valence-electron chi connectivity index (χ3n) is 3.88. The third-order valence-corrected chi connectivity index (χ3v) is 3.88. The number of carbonyl (C=O) groups excluding carboxylic acids is 1. The first kappa shape index (κ1) is 16.8. The number of ether oxygens (including phenoxy) is 1. The van der Waals surface area contributed by atoms with Gasteiger partial charge < -0.3 is 9.72 Å². The fraction of sp³-hybridized carbons (Fsp3) is 0.200. The lowest BCUT2D eigenvalue weighted by Crippen LogP contribution is -2.33. The molecule has 5 heteroatoms. The van der Waals surface area contributed by atoms with Crippen molar-refractivity contribution >= 4 is 23.0 Å². The molecule has 2 aromatic carbocycles. The lowest BCUT2D eigenvalue weighted by molar-refractivity contribution is -0.127. The van der Waals surface area contributed by atoms with Gasteiger partial charge in [0.25, 0.3) is 5.91 Å². The molecule has 1 unspecified atom stereocenters. The van der Waals surface area contributed by atoms with E-state index in [1.165, 1.54) is 0 Å². The van der Waals surface area contributed by atoms with Gasteiger partial charge in [0.2, 0.25) is 0 Å². The Kier molecular flexibility index (Phi) is 4.84. The number of aromatic amines is 1. The molecule has 1 amide bonds. The zero-order valence-electron chi connectivity index (χ0n) is 14.5. The van der Waals surface area contributed by atoms with Crippen LogP contribution in [0.1, 0.15) is 23.6 Å². The molecule has 1 heterocycles. The quantitative estimate of drug-likeness (QED) is 0.551. The molecule has 0 bridgehead atoms. The molecule has 0 aliphatic rings. The fourth-order valence-corrected chi connectivity index (χ4v) is 2.72. The standard InChI is InChI=1S/C20H21N3O2/c1-13-8-14(2)10-17(9-13)25-15(3)20(24)23-22-12-16-11-21-19-7-5-4-6-18(16)19/h4-12,15,21H,1-3H3,(H,23,24)/b22-12+. The molecule has 3 rings (SSSR count). The fourth-order valence-electron chi connectivity index (χ4n) is 2.72. The summed E-state index contributed by atoms with van der Waals surface area (Å²) in [7, 11) is 0. The minimum absolute atomic E-state index is 0.296. The van der Waals surface area contributed by atoms with Gasteiger partial charge in [-0.3, -0.25) is 4.79 Å². The van der Waals surface area contributed by atoms with Crippen molar-refractivity contribution < 1.29 is 9.53 Å². The van der Waals surface area contributed by atoms with Gasteiger partial charge in [-0.2, -0.15) is 5.10 Å². The van der Waals surface area contributed by atoms with Gasteiger partial charge in [-0.05, 0) is 50.1 Å². The van der Waals surface area contributed by atoms with E-state index in [0.717, 1.165) is 27.6 Å². The van der Waals surface area contributed by atoms with Crippen molar-refractivity contribution in [3.05, 3.63) is 65.4 Å². The van der Waals surface area contributed by atoms with Crippen molar-refractivity contribution in [2.24, 2.45) is 5.10 Å². The summed E-state index contributed by atoms with van der Waals surface area (Å²) in [6.07, 6.45) is 2.84. The summed E-state index contributed by atoms with van der Waals surface area (Å²) in [5.41, 5.74) is 6.67. The van der Waals surface area contributed by atoms with E-state index >= 15 is 0 Å². The molecule has 0 spiro atoms. The normalized spacial score (nSPS) is 12.4. The lowest BCUT2D eigenvalue weighted by atomic mass is 10.1. The zero-order chi connectivity index (χ0) is 17.8. The first-order valence-corrected chi connectivity index (χ1v) is 8.17. The number of para-hydroxylation sites is 1. The lowest BCUT2D eigenvalue weighted by Gasteiger charge is -2.14. The number of benzene rings is 2. The number of nitrogens with zero attached hydrogens (tertiary/aromatic N) is 1. The Hall–Kier alpha value is -3.08. The number of hydrazone groups is 1. The van der Waals surface area contributed by atoms with Gasteiger partial charge in [0.1, 0.15) is 5.75 Å². The highest BCUT2D eigenvalue weighted by Crippen LogP contribution is 2.18. The van der Waals surface area contributed by atoms with Crippen molar-refractivity contribution in [2.75, 3.05) is 0 Å². The van der Waals surface area contributed by atoms with Gasteiger partial charge in [-0.15, -0.1) is 0 Å². The Morgan fingerprint density at radius 3 is 2.68 bits per heavy atom. The predicted molar refractivity (Wildman–Crippen MR) is 100 cm³/mol. The second-order valence-corrected chi connectivity index (χ2v) is 6.11. The van der Waals surface area contributed by atoms with Crippen LogP contribution in [0.25, 0.3) is 10.9 Å². The number of carbonyl (C=O) groups is 1. The molecule has 0 saturated heterocycles. The van der Waals surface area contributed by atoms with Crippen LogP contribution in [0.5, 0.6) is 5.75 Å². The monoisotopic (exact) mass is 335 g/mol. The van der Waals surface area contributed by atoms with Crippen LogP contribution in [0.4, 0.5) is 0 Å². The van der Waals surface area contributed by atoms with Gasteiger partial charge >= 0.3 is 0 Å². The predicted octanol–water partition coefficient (Wildman–Crippen LogP) is 3.70. The molecule has 1 aromatic heterocycles. The van der Waals surface area contributed by atoms with Crippen LogP contribution in [0, 0.1) is 13.8 Å². The third kappa shape index (κ3) is 4.07.